The van der Waals surface area contributed by atoms with Crippen LogP contribution in [0.4, 0.5) is 0 Å². The molecular formula is C13H37ClIrNO3P3+3. The molecule has 0 saturated heterocycles. The van der Waals surface area contributed by atoms with Crippen molar-refractivity contribution in [2.45, 2.75) is 19.1 Å². The van der Waals surface area contributed by atoms with E-state index in [2.05, 4.69) is 60.0 Å². The molecule has 0 aliphatic heterocycles. The van der Waals surface area contributed by atoms with Crippen LogP contribution in [0, 0.1) is 0 Å². The van der Waals surface area contributed by atoms with Gasteiger partial charge in [0.2, 0.25) is 0 Å². The number of hydrogen-bond acceptors (Lipinski definition) is 3. The van der Waals surface area contributed by atoms with Gasteiger partial charge in [-0.15, -0.1) is 0 Å². The van der Waals surface area contributed by atoms with Crippen molar-refractivity contribution in [2.24, 2.45) is 0 Å². The molecule has 0 aromatic rings. The third kappa shape index (κ3) is 99.3. The van der Waals surface area contributed by atoms with Crippen LogP contribution < -0.4 is 17.5 Å². The molecule has 0 spiro atoms. The van der Waals surface area contributed by atoms with Crippen molar-refractivity contribution >= 4 is 29.7 Å². The second-order valence-corrected chi connectivity index (χ2v) is 15.0. The number of carbonyl (C=O) groups is 1. The maximum Gasteiger partial charge on any atom is 3.00 e. The molecule has 0 heterocycles. The summed E-state index contributed by atoms with van der Waals surface area (Å²) in [6.07, 6.45) is -1.15. The van der Waals surface area contributed by atoms with Gasteiger partial charge in [0.15, 0.2) is 0 Å². The van der Waals surface area contributed by atoms with Gasteiger partial charge in [-0.25, -0.2) is 0 Å². The van der Waals surface area contributed by atoms with Crippen LogP contribution in [-0.4, -0.2) is 83.2 Å². The van der Waals surface area contributed by atoms with Crippen LogP contribution in [0.3, 0.4) is 0 Å². The smallest absolute Gasteiger partial charge is 1.00 e. The number of aliphatic hydroxyl groups is 1. The summed E-state index contributed by atoms with van der Waals surface area (Å²) in [6, 6.07) is -1.52. The Hall–Kier alpha value is 1.62. The summed E-state index contributed by atoms with van der Waals surface area (Å²) in [5.74, 6) is -1.54. The fraction of sp³-hybridized carbons (Fsp3) is 0.923. The first-order chi connectivity index (χ1) is 8.75. The van der Waals surface area contributed by atoms with Crippen LogP contribution in [0.5, 0.6) is 0 Å². The molecule has 22 heavy (non-hydrogen) atoms. The van der Waals surface area contributed by atoms with Crippen molar-refractivity contribution in [1.29, 1.82) is 0 Å². The molecule has 140 valence electrons. The summed E-state index contributed by atoms with van der Waals surface area (Å²) in [7, 11) is 0.361. The second kappa shape index (κ2) is 27.5. The number of carboxylic acid groups (broad SMARTS) is 1. The number of aliphatic carboxylic acids is 1. The summed E-state index contributed by atoms with van der Waals surface area (Å²) >= 11 is 0. The molecule has 0 aromatic heterocycles. The maximum atomic E-state index is 9.68. The average Bonchev–Trinajstić information content (AvgIpc) is 2.13. The van der Waals surface area contributed by atoms with E-state index in [0.717, 1.165) is 0 Å². The molecule has 9 heteroatoms. The average molecular weight is 576 g/mol. The van der Waals surface area contributed by atoms with Gasteiger partial charge in [0.25, 0.3) is 0 Å². The van der Waals surface area contributed by atoms with E-state index < -0.39 is 18.1 Å². The maximum absolute atomic E-state index is 9.68. The van der Waals surface area contributed by atoms with Crippen LogP contribution in [0.15, 0.2) is 0 Å². The molecule has 0 bridgehead atoms. The molecule has 0 amide bonds. The molecule has 2 N–H and O–H groups in total. The Morgan fingerprint density at radius 2 is 1.05 bits per heavy atom. The molecule has 4 nitrogen and oxygen atoms in total. The van der Waals surface area contributed by atoms with Crippen molar-refractivity contribution in [1.82, 2.24) is 0 Å². The van der Waals surface area contributed by atoms with Crippen molar-refractivity contribution in [3.05, 3.63) is 5.73 Å². The Labute approximate surface area is 161 Å². The van der Waals surface area contributed by atoms with E-state index >= 15 is 0 Å². The first-order valence-corrected chi connectivity index (χ1v) is 15.7. The zero-order valence-electron chi connectivity index (χ0n) is 15.6. The Bertz CT molecular complexity index is 190. The van der Waals surface area contributed by atoms with Crippen LogP contribution in [0.25, 0.3) is 5.73 Å². The third-order valence-electron chi connectivity index (χ3n) is 0.736. The van der Waals surface area contributed by atoms with E-state index in [1.807, 2.05) is 0 Å². The molecule has 0 saturated carbocycles. The number of nitrogens with one attached hydrogen (secondary N) is 1. The minimum absolute atomic E-state index is 0. The zero-order chi connectivity index (χ0) is 17.5. The van der Waals surface area contributed by atoms with Crippen molar-refractivity contribution in [3.63, 3.8) is 0 Å². The summed E-state index contributed by atoms with van der Waals surface area (Å²) in [6.45, 7) is 21.6. The SMILES string of the molecule is CC(O)C([NH-])C(=O)[O-].C[PH+](C)C.C[PH+](C)C.C[PH+](C)C.[Cl-].[Ir+3]. The molecule has 0 rings (SSSR count). The molecule has 2 atom stereocenters. The largest absolute Gasteiger partial charge is 3.00 e. The van der Waals surface area contributed by atoms with Gasteiger partial charge in [-0.3, -0.25) is 0 Å². The second-order valence-electron chi connectivity index (χ2n) is 6.04. The molecule has 0 radical (unpaired) electrons. The predicted octanol–water partition coefficient (Wildman–Crippen LogP) is -1.19. The van der Waals surface area contributed by atoms with Gasteiger partial charge in [0.05, 0.1) is 0 Å². The van der Waals surface area contributed by atoms with E-state index in [-0.39, 0.29) is 56.3 Å². The van der Waals surface area contributed by atoms with Crippen molar-refractivity contribution in [3.8, 4) is 0 Å². The first kappa shape index (κ1) is 38.9. The Morgan fingerprint density at radius 1 is 0.909 bits per heavy atom. The number of hydrogen-bond donors (Lipinski definition) is 1. The normalized spacial score (nSPS) is 11.2. The minimum atomic E-state index is -1.54. The molecule has 0 aromatic carbocycles. The summed E-state index contributed by atoms with van der Waals surface area (Å²) in [5, 5.41) is 18.1. The van der Waals surface area contributed by atoms with Gasteiger partial charge < -0.3 is 33.1 Å². The minimum Gasteiger partial charge on any atom is -1.00 e. The summed E-state index contributed by atoms with van der Waals surface area (Å²) in [5.41, 5.74) is 6.57. The Kier molecular flexibility index (Phi) is 48.6. The van der Waals surface area contributed by atoms with Crippen LogP contribution in [0.2, 0.25) is 0 Å². The fourth-order valence-electron chi connectivity index (χ4n) is 0.197. The topological polar surface area (TPSA) is 84.2 Å². The quantitative estimate of drug-likeness (QED) is 0.421. The molecule has 0 aliphatic rings. The Balaban J connectivity index is -0.0000000400. The van der Waals surface area contributed by atoms with Crippen LogP contribution in [0.1, 0.15) is 6.92 Å². The van der Waals surface area contributed by atoms with Gasteiger partial charge in [0.1, 0.15) is 0 Å². The number of halogens is 1. The standard InChI is InChI=1S/C4H8NO3.3C3H9P.ClH.Ir/c1-2(6)3(5)4(7)8;3*1-4(2)3;;/h2-3,5-6H,1H3,(H,7,8);3*1-3H3;1H;/q-1;;;;;+3/p+1. The number of carbonyl (C=O) groups excluding carboxylic acids is 1. The zero-order valence-corrected chi connectivity index (χ0v) is 21.8. The van der Waals surface area contributed by atoms with E-state index in [0.29, 0.717) is 0 Å². The van der Waals surface area contributed by atoms with E-state index in [9.17, 15) is 9.90 Å². The van der Waals surface area contributed by atoms with E-state index in [4.69, 9.17) is 10.8 Å². The summed E-state index contributed by atoms with van der Waals surface area (Å²) < 4.78 is 0. The molecule has 0 fully saturated rings. The van der Waals surface area contributed by atoms with Crippen molar-refractivity contribution in [2.75, 3.05) is 60.0 Å². The number of rotatable bonds is 2. The van der Waals surface area contributed by atoms with E-state index in [1.165, 1.54) is 6.92 Å². The number of aliphatic hydroxyl groups excluding tert-OH is 1. The van der Waals surface area contributed by atoms with Gasteiger partial charge >= 0.3 is 20.1 Å². The van der Waals surface area contributed by atoms with Gasteiger partial charge in [-0.05, 0) is 30.7 Å². The Morgan fingerprint density at radius 3 is 1.05 bits per heavy atom. The molecule has 2 unspecified atom stereocenters. The van der Waals surface area contributed by atoms with Gasteiger partial charge in [-0.1, -0.05) is 6.04 Å². The molecule has 0 aliphatic carbocycles. The number of carboxylic acids is 1. The van der Waals surface area contributed by atoms with Crippen molar-refractivity contribution < 1.29 is 47.5 Å². The molecular weight excluding hydrogens is 539 g/mol. The predicted molar refractivity (Wildman–Crippen MR) is 103 cm³/mol. The monoisotopic (exact) mass is 576 g/mol. The third-order valence-corrected chi connectivity index (χ3v) is 0.736. The first-order valence-electron chi connectivity index (χ1n) is 6.65. The van der Waals surface area contributed by atoms with Crippen LogP contribution in [-0.2, 0) is 24.9 Å². The van der Waals surface area contributed by atoms with Gasteiger partial charge in [-0.2, -0.15) is 0 Å². The fourth-order valence-corrected chi connectivity index (χ4v) is 0.197. The van der Waals surface area contributed by atoms with Crippen LogP contribution >= 0.6 is 23.8 Å². The van der Waals surface area contributed by atoms with E-state index in [1.54, 1.807) is 0 Å². The van der Waals surface area contributed by atoms with Gasteiger partial charge in [0, 0.05) is 72.1 Å². The summed E-state index contributed by atoms with van der Waals surface area (Å²) in [4.78, 5) is 9.68.